The third kappa shape index (κ3) is 7.64. The van der Waals surface area contributed by atoms with Crippen molar-refractivity contribution in [1.82, 2.24) is 10.3 Å². The van der Waals surface area contributed by atoms with E-state index in [1.54, 1.807) is 0 Å². The van der Waals surface area contributed by atoms with Gasteiger partial charge < -0.3 is 15.5 Å². The van der Waals surface area contributed by atoms with E-state index in [9.17, 15) is 4.79 Å². The van der Waals surface area contributed by atoms with Crippen molar-refractivity contribution < 1.29 is 24.6 Å². The van der Waals surface area contributed by atoms with Gasteiger partial charge in [0, 0.05) is 35.0 Å². The zero-order valence-corrected chi connectivity index (χ0v) is 20.0. The largest absolute Gasteiger partial charge is 0.473 e. The first-order valence-electron chi connectivity index (χ1n) is 10.7. The summed E-state index contributed by atoms with van der Waals surface area (Å²) in [5, 5.41) is 19.5. The highest BCUT2D eigenvalue weighted by atomic mass is 16.4. The third-order valence-electron chi connectivity index (χ3n) is 4.75. The number of carboxylic acids is 2. The van der Waals surface area contributed by atoms with Gasteiger partial charge in [-0.25, -0.2) is 14.6 Å². The van der Waals surface area contributed by atoms with Crippen LogP contribution in [0.25, 0.3) is 22.2 Å². The molecule has 1 aliphatic carbocycles. The highest BCUT2D eigenvalue weighted by molar-refractivity contribution is 6.27. The second-order valence-electron chi connectivity index (χ2n) is 10.2. The van der Waals surface area contributed by atoms with Crippen LogP contribution in [-0.2, 0) is 16.1 Å². The number of fused-ring (bicyclic) bond motifs is 3. The van der Waals surface area contributed by atoms with E-state index in [0.717, 1.165) is 34.3 Å². The minimum atomic E-state index is -1.82. The molecule has 2 aliphatic rings. The highest BCUT2D eigenvalue weighted by Crippen LogP contribution is 2.33. The van der Waals surface area contributed by atoms with Gasteiger partial charge in [0.2, 0.25) is 0 Å². The van der Waals surface area contributed by atoms with Crippen molar-refractivity contribution in [1.29, 1.82) is 0 Å². The minimum Gasteiger partial charge on any atom is -0.473 e. The molecule has 3 rings (SSSR count). The molecule has 0 amide bonds. The van der Waals surface area contributed by atoms with Crippen molar-refractivity contribution in [2.45, 2.75) is 60.0 Å². The molecule has 0 saturated heterocycles. The molecule has 0 saturated carbocycles. The average Bonchev–Trinajstić information content (AvgIpc) is 2.88. The number of benzene rings is 1. The molecule has 7 heteroatoms. The van der Waals surface area contributed by atoms with Crippen molar-refractivity contribution in [3.63, 3.8) is 0 Å². The summed E-state index contributed by atoms with van der Waals surface area (Å²) < 4.78 is 0. The fraction of sp³-hybridized carbons (Fsp3) is 0.385. The molecular formula is C26H32N2O5. The number of para-hydroxylation sites is 1. The first-order chi connectivity index (χ1) is 15.2. The lowest BCUT2D eigenvalue weighted by molar-refractivity contribution is -0.159. The summed E-state index contributed by atoms with van der Waals surface area (Å²) in [7, 11) is 0. The van der Waals surface area contributed by atoms with E-state index >= 15 is 0 Å². The van der Waals surface area contributed by atoms with Gasteiger partial charge in [-0.2, -0.15) is 0 Å². The average molecular weight is 453 g/mol. The molecule has 0 radical (unpaired) electrons. The van der Waals surface area contributed by atoms with Crippen LogP contribution in [0.4, 0.5) is 0 Å². The summed E-state index contributed by atoms with van der Waals surface area (Å²) in [5.41, 5.74) is 4.94. The fourth-order valence-corrected chi connectivity index (χ4v) is 3.25. The standard InChI is InChI=1S/C24H30N2O.C2H2O4/c1-23(2,3)14-21(27)16-9-7-11-18-19-12-8-10-17(15-25-24(4,5)6)22(19)26-20(18)13-16;3-1(4)2(5)6/h7-13,25H,14-15H2,1-6H3;(H,3,4)(H,5,6). The normalized spacial score (nSPS) is 11.7. The Labute approximate surface area is 194 Å². The Balaban J connectivity index is 0.000000569. The summed E-state index contributed by atoms with van der Waals surface area (Å²) in [5.74, 6) is -3.48. The van der Waals surface area contributed by atoms with E-state index in [1.807, 2.05) is 18.2 Å². The van der Waals surface area contributed by atoms with Crippen LogP contribution in [0, 0.1) is 5.41 Å². The third-order valence-corrected chi connectivity index (χ3v) is 4.75. The minimum absolute atomic E-state index is 0.0272. The Bertz CT molecular complexity index is 1130. The van der Waals surface area contributed by atoms with E-state index in [4.69, 9.17) is 24.8 Å². The number of rotatable bonds is 4. The van der Waals surface area contributed by atoms with Gasteiger partial charge in [0.1, 0.15) is 0 Å². The second kappa shape index (κ2) is 10.1. The maximum absolute atomic E-state index is 12.7. The number of hydrogen-bond acceptors (Lipinski definition) is 5. The predicted molar refractivity (Wildman–Crippen MR) is 129 cm³/mol. The SMILES string of the molecule is CC(C)(C)CC(=O)c1cccc2c3cccc(CNC(C)(C)C)c3nc-2c1.O=C(O)C(=O)O. The zero-order chi connectivity index (χ0) is 25.0. The number of nitrogens with one attached hydrogen (secondary N) is 1. The summed E-state index contributed by atoms with van der Waals surface area (Å²) in [4.78, 5) is 35.8. The van der Waals surface area contributed by atoms with E-state index in [1.165, 1.54) is 5.56 Å². The molecule has 0 unspecified atom stereocenters. The first-order valence-corrected chi connectivity index (χ1v) is 10.7. The van der Waals surface area contributed by atoms with E-state index < -0.39 is 11.9 Å². The Morgan fingerprint density at radius 3 is 2.06 bits per heavy atom. The molecular weight excluding hydrogens is 420 g/mol. The van der Waals surface area contributed by atoms with Crippen molar-refractivity contribution in [2.24, 2.45) is 5.41 Å². The number of carbonyl (C=O) groups excluding carboxylic acids is 1. The van der Waals surface area contributed by atoms with Crippen molar-refractivity contribution in [2.75, 3.05) is 0 Å². The lowest BCUT2D eigenvalue weighted by Crippen LogP contribution is -2.35. The fourth-order valence-electron chi connectivity index (χ4n) is 3.25. The predicted octanol–water partition coefficient (Wildman–Crippen LogP) is 5.00. The van der Waals surface area contributed by atoms with Crippen LogP contribution in [-0.4, -0.2) is 38.5 Å². The number of ketones is 1. The molecule has 1 aromatic rings. The van der Waals surface area contributed by atoms with Crippen LogP contribution in [0.2, 0.25) is 0 Å². The van der Waals surface area contributed by atoms with E-state index in [2.05, 4.69) is 71.1 Å². The number of carbonyl (C=O) groups is 3. The summed E-state index contributed by atoms with van der Waals surface area (Å²) >= 11 is 0. The van der Waals surface area contributed by atoms with Gasteiger partial charge in [0.15, 0.2) is 5.78 Å². The van der Waals surface area contributed by atoms with Gasteiger partial charge in [0.05, 0.1) is 11.2 Å². The summed E-state index contributed by atoms with van der Waals surface area (Å²) in [6, 6.07) is 14.2. The molecule has 3 N–H and O–H groups in total. The first kappa shape index (κ1) is 25.9. The van der Waals surface area contributed by atoms with Crippen LogP contribution in [0.15, 0.2) is 42.5 Å². The monoisotopic (exact) mass is 452 g/mol. The molecule has 0 fully saturated rings. The zero-order valence-electron chi connectivity index (χ0n) is 20.0. The summed E-state index contributed by atoms with van der Waals surface area (Å²) in [6.07, 6.45) is 0.527. The number of hydrogen-bond donors (Lipinski definition) is 3. The van der Waals surface area contributed by atoms with Crippen LogP contribution in [0.1, 0.15) is 63.9 Å². The number of aliphatic carboxylic acids is 2. The Kier molecular flexibility index (Phi) is 7.93. The smallest absolute Gasteiger partial charge is 0.414 e. The molecule has 0 spiro atoms. The lowest BCUT2D eigenvalue weighted by Gasteiger charge is -2.20. The molecule has 1 aliphatic heterocycles. The molecule has 33 heavy (non-hydrogen) atoms. The molecule has 0 atom stereocenters. The van der Waals surface area contributed by atoms with E-state index in [0.29, 0.717) is 6.42 Å². The Morgan fingerprint density at radius 2 is 1.52 bits per heavy atom. The van der Waals surface area contributed by atoms with Crippen molar-refractivity contribution >= 4 is 28.6 Å². The van der Waals surface area contributed by atoms with E-state index in [-0.39, 0.29) is 16.7 Å². The Hall–Kier alpha value is -3.32. The second-order valence-corrected chi connectivity index (χ2v) is 10.2. The van der Waals surface area contributed by atoms with Crippen LogP contribution in [0.5, 0.6) is 0 Å². The topological polar surface area (TPSA) is 117 Å². The number of Topliss-reactive ketones (excluding diaryl/α,β-unsaturated/α-hetero) is 1. The van der Waals surface area contributed by atoms with Crippen LogP contribution >= 0.6 is 0 Å². The van der Waals surface area contributed by atoms with Gasteiger partial charge in [-0.05, 0) is 37.8 Å². The molecule has 0 bridgehead atoms. The van der Waals surface area contributed by atoms with Crippen molar-refractivity contribution in [3.8, 4) is 11.3 Å². The Morgan fingerprint density at radius 1 is 0.909 bits per heavy atom. The van der Waals surface area contributed by atoms with Gasteiger partial charge in [-0.3, -0.25) is 4.79 Å². The number of carboxylic acid groups (broad SMARTS) is 2. The lowest BCUT2D eigenvalue weighted by atomic mass is 9.88. The quantitative estimate of drug-likeness (QED) is 0.377. The van der Waals surface area contributed by atoms with Gasteiger partial charge >= 0.3 is 11.9 Å². The summed E-state index contributed by atoms with van der Waals surface area (Å²) in [6.45, 7) is 13.5. The van der Waals surface area contributed by atoms with Crippen molar-refractivity contribution in [3.05, 3.63) is 53.6 Å². The molecule has 1 heterocycles. The van der Waals surface area contributed by atoms with Gasteiger partial charge in [0.25, 0.3) is 0 Å². The highest BCUT2D eigenvalue weighted by Gasteiger charge is 2.20. The molecule has 7 nitrogen and oxygen atoms in total. The maximum Gasteiger partial charge on any atom is 0.414 e. The van der Waals surface area contributed by atoms with Gasteiger partial charge in [-0.1, -0.05) is 57.2 Å². The molecule has 0 aromatic heterocycles. The maximum atomic E-state index is 12.7. The van der Waals surface area contributed by atoms with Gasteiger partial charge in [-0.15, -0.1) is 0 Å². The van der Waals surface area contributed by atoms with Crippen LogP contribution < -0.4 is 5.32 Å². The van der Waals surface area contributed by atoms with Crippen LogP contribution in [0.3, 0.4) is 0 Å². The number of nitrogens with zero attached hydrogens (tertiary/aromatic N) is 1. The molecule has 1 aromatic carbocycles. The molecule has 176 valence electrons. The number of aromatic nitrogens is 1.